The topological polar surface area (TPSA) is 12.4 Å². The third-order valence-electron chi connectivity index (χ3n) is 1.31. The minimum absolute atomic E-state index is 0.583. The van der Waals surface area contributed by atoms with E-state index in [1.54, 1.807) is 0 Å². The molecule has 0 aromatic carbocycles. The second-order valence-electron chi connectivity index (χ2n) is 1.96. The number of aliphatic imine (C=N–C) groups is 1. The summed E-state index contributed by atoms with van der Waals surface area (Å²) in [7, 11) is 0. The Hall–Kier alpha value is -0.590. The molecule has 0 saturated carbocycles. The van der Waals surface area contributed by atoms with Gasteiger partial charge in [-0.15, -0.1) is 0 Å². The zero-order valence-electron chi connectivity index (χ0n) is 4.68. The molecule has 0 aliphatic carbocycles. The Morgan fingerprint density at radius 2 is 2.43 bits per heavy atom. The molecule has 0 saturated heterocycles. The van der Waals surface area contributed by atoms with Gasteiger partial charge in [-0.3, -0.25) is 4.99 Å². The van der Waals surface area contributed by atoms with E-state index in [1.165, 1.54) is 5.57 Å². The summed E-state index contributed by atoms with van der Waals surface area (Å²) >= 11 is 0. The molecule has 0 spiro atoms. The lowest BCUT2D eigenvalue weighted by Gasteiger charge is -1.94. The number of rotatable bonds is 0. The maximum atomic E-state index is 3.96. The van der Waals surface area contributed by atoms with Gasteiger partial charge in [0.25, 0.3) is 0 Å². The molecule has 1 unspecified atom stereocenters. The Morgan fingerprint density at radius 3 is 2.57 bits per heavy atom. The van der Waals surface area contributed by atoms with E-state index in [0.29, 0.717) is 5.92 Å². The Bertz CT molecular complexity index is 122. The molecule has 0 amide bonds. The first kappa shape index (κ1) is 4.57. The first-order valence-electron chi connectivity index (χ1n) is 2.50. The van der Waals surface area contributed by atoms with Crippen LogP contribution < -0.4 is 0 Å². The lowest BCUT2D eigenvalue weighted by molar-refractivity contribution is 0.957. The van der Waals surface area contributed by atoms with Gasteiger partial charge in [0.15, 0.2) is 0 Å². The fraction of sp³-hybridized carbons (Fsp3) is 0.500. The van der Waals surface area contributed by atoms with Crippen LogP contribution in [-0.4, -0.2) is 6.21 Å². The van der Waals surface area contributed by atoms with Crippen LogP contribution in [0.3, 0.4) is 0 Å². The fourth-order valence-corrected chi connectivity index (χ4v) is 0.525. The second kappa shape index (κ2) is 1.49. The van der Waals surface area contributed by atoms with E-state index >= 15 is 0 Å². The van der Waals surface area contributed by atoms with E-state index in [0.717, 1.165) is 0 Å². The number of allylic oxidation sites excluding steroid dienone is 1. The van der Waals surface area contributed by atoms with E-state index in [9.17, 15) is 0 Å². The molecule has 1 heterocycles. The lowest BCUT2D eigenvalue weighted by Crippen LogP contribution is -1.89. The van der Waals surface area contributed by atoms with Crippen molar-refractivity contribution in [1.29, 1.82) is 0 Å². The summed E-state index contributed by atoms with van der Waals surface area (Å²) < 4.78 is 0. The van der Waals surface area contributed by atoms with E-state index in [-0.39, 0.29) is 0 Å². The zero-order valence-corrected chi connectivity index (χ0v) is 4.68. The molecule has 1 heteroatoms. The van der Waals surface area contributed by atoms with Crippen molar-refractivity contribution < 1.29 is 0 Å². The van der Waals surface area contributed by atoms with Crippen molar-refractivity contribution >= 4 is 6.21 Å². The zero-order chi connectivity index (χ0) is 5.28. The summed E-state index contributed by atoms with van der Waals surface area (Å²) in [4.78, 5) is 3.96. The summed E-state index contributed by atoms with van der Waals surface area (Å²) in [5.74, 6) is 0.583. The van der Waals surface area contributed by atoms with Gasteiger partial charge in [-0.25, -0.2) is 0 Å². The molecule has 0 bridgehead atoms. The average molecular weight is 95.1 g/mol. The minimum atomic E-state index is 0.583. The molecular weight excluding hydrogens is 86.1 g/mol. The van der Waals surface area contributed by atoms with Gasteiger partial charge < -0.3 is 0 Å². The molecule has 1 aliphatic heterocycles. The Labute approximate surface area is 43.8 Å². The molecule has 1 nitrogen and oxygen atoms in total. The summed E-state index contributed by atoms with van der Waals surface area (Å²) in [6.07, 6.45) is 3.86. The van der Waals surface area contributed by atoms with Gasteiger partial charge in [0.2, 0.25) is 0 Å². The molecule has 0 fully saturated rings. The van der Waals surface area contributed by atoms with Crippen molar-refractivity contribution in [3.63, 3.8) is 0 Å². The third-order valence-corrected chi connectivity index (χ3v) is 1.31. The van der Waals surface area contributed by atoms with E-state index in [1.807, 2.05) is 12.4 Å². The van der Waals surface area contributed by atoms with Gasteiger partial charge in [0, 0.05) is 18.3 Å². The van der Waals surface area contributed by atoms with Crippen molar-refractivity contribution in [3.05, 3.63) is 11.8 Å². The smallest absolute Gasteiger partial charge is 0.0259 e. The van der Waals surface area contributed by atoms with Crippen molar-refractivity contribution in [2.75, 3.05) is 0 Å². The van der Waals surface area contributed by atoms with Gasteiger partial charge in [0.1, 0.15) is 0 Å². The molecular formula is C6H9N. The van der Waals surface area contributed by atoms with Crippen LogP contribution in [0.2, 0.25) is 0 Å². The first-order chi connectivity index (χ1) is 3.30. The van der Waals surface area contributed by atoms with Crippen LogP contribution in [-0.2, 0) is 0 Å². The van der Waals surface area contributed by atoms with Gasteiger partial charge in [-0.05, 0) is 12.5 Å². The highest BCUT2D eigenvalue weighted by Gasteiger charge is 2.02. The summed E-state index contributed by atoms with van der Waals surface area (Å²) in [5, 5.41) is 0. The molecule has 0 aromatic heterocycles. The van der Waals surface area contributed by atoms with Crippen LogP contribution in [0.1, 0.15) is 13.8 Å². The normalized spacial score (nSPS) is 28.3. The van der Waals surface area contributed by atoms with Crippen LogP contribution in [0.15, 0.2) is 16.8 Å². The maximum Gasteiger partial charge on any atom is 0.0259 e. The predicted octanol–water partition coefficient (Wildman–Crippen LogP) is 1.61. The van der Waals surface area contributed by atoms with Gasteiger partial charge in [-0.1, -0.05) is 6.92 Å². The van der Waals surface area contributed by atoms with E-state index < -0.39 is 0 Å². The quantitative estimate of drug-likeness (QED) is 0.433. The molecule has 38 valence electrons. The van der Waals surface area contributed by atoms with Gasteiger partial charge in [-0.2, -0.15) is 0 Å². The van der Waals surface area contributed by atoms with Crippen molar-refractivity contribution in [1.82, 2.24) is 0 Å². The molecule has 1 aliphatic rings. The SMILES string of the molecule is CC1=CN=CC1C. The fourth-order valence-electron chi connectivity index (χ4n) is 0.525. The van der Waals surface area contributed by atoms with Crippen LogP contribution in [0.5, 0.6) is 0 Å². The number of nitrogens with zero attached hydrogens (tertiary/aromatic N) is 1. The Balaban J connectivity index is 2.69. The Morgan fingerprint density at radius 1 is 1.71 bits per heavy atom. The van der Waals surface area contributed by atoms with Crippen molar-refractivity contribution in [2.45, 2.75) is 13.8 Å². The van der Waals surface area contributed by atoms with Crippen LogP contribution >= 0.6 is 0 Å². The van der Waals surface area contributed by atoms with Crippen molar-refractivity contribution in [2.24, 2.45) is 10.9 Å². The monoisotopic (exact) mass is 95.1 g/mol. The number of hydrogen-bond donors (Lipinski definition) is 0. The lowest BCUT2D eigenvalue weighted by atomic mass is 10.1. The predicted molar refractivity (Wildman–Crippen MR) is 31.4 cm³/mol. The van der Waals surface area contributed by atoms with Crippen LogP contribution in [0.4, 0.5) is 0 Å². The third kappa shape index (κ3) is 0.710. The van der Waals surface area contributed by atoms with Crippen LogP contribution in [0.25, 0.3) is 0 Å². The molecule has 0 N–H and O–H groups in total. The van der Waals surface area contributed by atoms with Gasteiger partial charge in [0.05, 0.1) is 0 Å². The minimum Gasteiger partial charge on any atom is -0.269 e. The summed E-state index contributed by atoms with van der Waals surface area (Å²) in [6, 6.07) is 0. The molecule has 1 rings (SSSR count). The first-order valence-corrected chi connectivity index (χ1v) is 2.50. The molecule has 1 atom stereocenters. The standard InChI is InChI=1S/C6H9N/c1-5-3-7-4-6(5)2/h3-5H,1-2H3. The largest absolute Gasteiger partial charge is 0.269 e. The highest BCUT2D eigenvalue weighted by atomic mass is 14.7. The second-order valence-corrected chi connectivity index (χ2v) is 1.96. The van der Waals surface area contributed by atoms with Crippen LogP contribution in [0, 0.1) is 5.92 Å². The number of hydrogen-bond acceptors (Lipinski definition) is 1. The highest BCUT2D eigenvalue weighted by molar-refractivity contribution is 5.68. The van der Waals surface area contributed by atoms with Crippen molar-refractivity contribution in [3.8, 4) is 0 Å². The average Bonchev–Trinajstić information content (AvgIpc) is 1.91. The molecule has 0 aromatic rings. The van der Waals surface area contributed by atoms with E-state index in [2.05, 4.69) is 18.8 Å². The maximum absolute atomic E-state index is 3.96. The van der Waals surface area contributed by atoms with Gasteiger partial charge >= 0.3 is 0 Å². The highest BCUT2D eigenvalue weighted by Crippen LogP contribution is 2.11. The molecule has 7 heavy (non-hydrogen) atoms. The summed E-state index contributed by atoms with van der Waals surface area (Å²) in [6.45, 7) is 4.24. The molecule has 0 radical (unpaired) electrons. The Kier molecular flexibility index (Phi) is 0.970. The van der Waals surface area contributed by atoms with E-state index in [4.69, 9.17) is 0 Å². The summed E-state index contributed by atoms with van der Waals surface area (Å²) in [5.41, 5.74) is 1.36.